The van der Waals surface area contributed by atoms with Crippen LogP contribution in [0.4, 0.5) is 5.82 Å². The van der Waals surface area contributed by atoms with Crippen molar-refractivity contribution in [2.45, 2.75) is 19.9 Å². The van der Waals surface area contributed by atoms with Gasteiger partial charge in [-0.2, -0.15) is 0 Å². The molecule has 0 saturated carbocycles. The summed E-state index contributed by atoms with van der Waals surface area (Å²) >= 11 is 8.67. The third-order valence-electron chi connectivity index (χ3n) is 2.44. The van der Waals surface area contributed by atoms with Gasteiger partial charge in [-0.15, -0.1) is 11.3 Å². The number of thiophene rings is 1. The molecule has 0 spiro atoms. The van der Waals surface area contributed by atoms with E-state index in [1.165, 1.54) is 10.4 Å². The van der Waals surface area contributed by atoms with Crippen LogP contribution in [-0.4, -0.2) is 4.98 Å². The lowest BCUT2D eigenvalue weighted by molar-refractivity contribution is 1.06. The third-order valence-corrected chi connectivity index (χ3v) is 4.44. The van der Waals surface area contributed by atoms with E-state index in [2.05, 4.69) is 60.5 Å². The molecular formula is C12H12Br2N2S. The fourth-order valence-corrected chi connectivity index (χ4v) is 3.59. The first-order valence-electron chi connectivity index (χ1n) is 5.31. The lowest BCUT2D eigenvalue weighted by Crippen LogP contribution is -2.02. The second-order valence-electron chi connectivity index (χ2n) is 3.56. The Hall–Kier alpha value is -0.390. The second-order valence-corrected chi connectivity index (χ2v) is 6.33. The smallest absolute Gasteiger partial charge is 0.140 e. The van der Waals surface area contributed by atoms with Crippen LogP contribution in [0, 0.1) is 0 Å². The molecule has 0 atom stereocenters. The number of rotatable bonds is 4. The van der Waals surface area contributed by atoms with Crippen molar-refractivity contribution in [1.29, 1.82) is 0 Å². The average molecular weight is 376 g/mol. The summed E-state index contributed by atoms with van der Waals surface area (Å²) in [6.45, 7) is 3.01. The van der Waals surface area contributed by atoms with Gasteiger partial charge in [0.2, 0.25) is 0 Å². The molecule has 0 aliphatic heterocycles. The molecule has 2 heterocycles. The normalized spacial score (nSPS) is 10.5. The molecule has 0 radical (unpaired) electrons. The van der Waals surface area contributed by atoms with E-state index in [1.807, 2.05) is 6.07 Å². The summed E-state index contributed by atoms with van der Waals surface area (Å²) < 4.78 is 1.95. The predicted molar refractivity (Wildman–Crippen MR) is 80.7 cm³/mol. The van der Waals surface area contributed by atoms with Crippen LogP contribution in [0.1, 0.15) is 17.4 Å². The Labute approximate surface area is 122 Å². The summed E-state index contributed by atoms with van der Waals surface area (Å²) in [6.07, 6.45) is 2.87. The predicted octanol–water partition coefficient (Wildman–Crippen LogP) is 4.84. The fourth-order valence-electron chi connectivity index (χ4n) is 1.55. The molecule has 2 nitrogen and oxygen atoms in total. The third kappa shape index (κ3) is 3.30. The first-order valence-corrected chi connectivity index (χ1v) is 7.77. The van der Waals surface area contributed by atoms with Gasteiger partial charge in [-0.25, -0.2) is 4.98 Å². The monoisotopic (exact) mass is 374 g/mol. The Kier molecular flexibility index (Phi) is 4.59. The van der Waals surface area contributed by atoms with Crippen molar-refractivity contribution in [3.8, 4) is 0 Å². The summed E-state index contributed by atoms with van der Waals surface area (Å²) in [4.78, 5) is 5.71. The molecule has 5 heteroatoms. The van der Waals surface area contributed by atoms with Gasteiger partial charge in [0.15, 0.2) is 0 Å². The number of nitrogens with one attached hydrogen (secondary N) is 1. The van der Waals surface area contributed by atoms with Gasteiger partial charge in [0, 0.05) is 15.5 Å². The Morgan fingerprint density at radius 3 is 2.94 bits per heavy atom. The summed E-state index contributed by atoms with van der Waals surface area (Å²) in [5, 5.41) is 5.49. The number of anilines is 1. The summed E-state index contributed by atoms with van der Waals surface area (Å²) in [5.41, 5.74) is 1.41. The van der Waals surface area contributed by atoms with Gasteiger partial charge >= 0.3 is 0 Å². The van der Waals surface area contributed by atoms with Crippen molar-refractivity contribution >= 4 is 49.0 Å². The first kappa shape index (κ1) is 13.1. The molecule has 90 valence electrons. The zero-order valence-corrected chi connectivity index (χ0v) is 13.3. The van der Waals surface area contributed by atoms with Gasteiger partial charge in [-0.05, 0) is 61.4 Å². The van der Waals surface area contributed by atoms with E-state index < -0.39 is 0 Å². The van der Waals surface area contributed by atoms with Crippen LogP contribution in [0.3, 0.4) is 0 Å². The van der Waals surface area contributed by atoms with E-state index in [4.69, 9.17) is 0 Å². The van der Waals surface area contributed by atoms with E-state index in [-0.39, 0.29) is 0 Å². The minimum Gasteiger partial charge on any atom is -0.364 e. The van der Waals surface area contributed by atoms with Crippen LogP contribution >= 0.6 is 43.2 Å². The van der Waals surface area contributed by atoms with Crippen molar-refractivity contribution in [1.82, 2.24) is 4.98 Å². The molecule has 2 aromatic rings. The quantitative estimate of drug-likeness (QED) is 0.826. The Morgan fingerprint density at radius 1 is 1.41 bits per heavy atom. The second kappa shape index (κ2) is 5.98. The zero-order valence-electron chi connectivity index (χ0n) is 9.34. The molecule has 0 aromatic carbocycles. The number of hydrogen-bond acceptors (Lipinski definition) is 3. The van der Waals surface area contributed by atoms with E-state index in [1.54, 1.807) is 17.5 Å². The molecular weight excluding hydrogens is 364 g/mol. The fraction of sp³-hybridized carbons (Fsp3) is 0.250. The van der Waals surface area contributed by atoms with Crippen molar-refractivity contribution in [3.63, 3.8) is 0 Å². The van der Waals surface area contributed by atoms with Gasteiger partial charge < -0.3 is 5.32 Å². The number of nitrogens with zero attached hydrogens (tertiary/aromatic N) is 1. The zero-order chi connectivity index (χ0) is 12.3. The van der Waals surface area contributed by atoms with E-state index in [9.17, 15) is 0 Å². The van der Waals surface area contributed by atoms with Crippen LogP contribution in [0.5, 0.6) is 0 Å². The molecule has 0 unspecified atom stereocenters. The summed E-state index contributed by atoms with van der Waals surface area (Å²) in [5.74, 6) is 0.878. The Balaban J connectivity index is 2.07. The van der Waals surface area contributed by atoms with Gasteiger partial charge in [0.1, 0.15) is 5.82 Å². The first-order chi connectivity index (χ1) is 8.20. The van der Waals surface area contributed by atoms with E-state index >= 15 is 0 Å². The molecule has 2 rings (SSSR count). The maximum atomic E-state index is 4.33. The molecule has 0 fully saturated rings. The number of halogens is 2. The van der Waals surface area contributed by atoms with Crippen LogP contribution in [0.2, 0.25) is 0 Å². The van der Waals surface area contributed by atoms with Crippen LogP contribution in [0.25, 0.3) is 0 Å². The largest absolute Gasteiger partial charge is 0.364 e. The van der Waals surface area contributed by atoms with Crippen molar-refractivity contribution in [2.24, 2.45) is 0 Å². The number of aryl methyl sites for hydroxylation is 1. The highest BCUT2D eigenvalue weighted by Gasteiger charge is 2.05. The summed E-state index contributed by atoms with van der Waals surface area (Å²) in [6, 6.07) is 4.18. The van der Waals surface area contributed by atoms with Gasteiger partial charge in [-0.1, -0.05) is 6.92 Å². The standard InChI is InChI=1S/C12H12Br2N2S/c1-2-8-3-4-17-11(8)7-16-12-10(14)5-9(13)6-15-12/h3-6H,2,7H2,1H3,(H,15,16). The van der Waals surface area contributed by atoms with Gasteiger partial charge in [0.05, 0.1) is 11.0 Å². The maximum Gasteiger partial charge on any atom is 0.140 e. The molecule has 0 bridgehead atoms. The van der Waals surface area contributed by atoms with Crippen LogP contribution < -0.4 is 5.32 Å². The van der Waals surface area contributed by atoms with Crippen LogP contribution in [0.15, 0.2) is 32.7 Å². The lowest BCUT2D eigenvalue weighted by atomic mass is 10.2. The average Bonchev–Trinajstić information content (AvgIpc) is 2.75. The highest BCUT2D eigenvalue weighted by atomic mass is 79.9. The van der Waals surface area contributed by atoms with Crippen LogP contribution in [-0.2, 0) is 13.0 Å². The number of aromatic nitrogens is 1. The molecule has 1 N–H and O–H groups in total. The van der Waals surface area contributed by atoms with E-state index in [0.29, 0.717) is 0 Å². The Morgan fingerprint density at radius 2 is 2.24 bits per heavy atom. The molecule has 17 heavy (non-hydrogen) atoms. The minimum atomic E-state index is 0.827. The van der Waals surface area contributed by atoms with E-state index in [0.717, 1.165) is 27.7 Å². The molecule has 2 aromatic heterocycles. The number of pyridine rings is 1. The molecule has 0 saturated heterocycles. The highest BCUT2D eigenvalue weighted by molar-refractivity contribution is 9.11. The van der Waals surface area contributed by atoms with Crippen molar-refractivity contribution in [3.05, 3.63) is 43.1 Å². The summed E-state index contributed by atoms with van der Waals surface area (Å²) in [7, 11) is 0. The van der Waals surface area contributed by atoms with Gasteiger partial charge in [-0.3, -0.25) is 0 Å². The molecule has 0 aliphatic rings. The van der Waals surface area contributed by atoms with Crippen molar-refractivity contribution in [2.75, 3.05) is 5.32 Å². The van der Waals surface area contributed by atoms with Crippen molar-refractivity contribution < 1.29 is 0 Å². The Bertz CT molecular complexity index is 511. The lowest BCUT2D eigenvalue weighted by Gasteiger charge is -2.07. The SMILES string of the molecule is CCc1ccsc1CNc1ncc(Br)cc1Br. The number of hydrogen-bond donors (Lipinski definition) is 1. The highest BCUT2D eigenvalue weighted by Crippen LogP contribution is 2.25. The molecule has 0 aliphatic carbocycles. The molecule has 0 amide bonds. The van der Waals surface area contributed by atoms with Gasteiger partial charge in [0.25, 0.3) is 0 Å². The minimum absolute atomic E-state index is 0.827. The topological polar surface area (TPSA) is 24.9 Å². The maximum absolute atomic E-state index is 4.33.